The summed E-state index contributed by atoms with van der Waals surface area (Å²) in [7, 11) is 1.66. The molecular weight excluding hydrogens is 171 g/mol. The molecule has 0 amide bonds. The van der Waals surface area contributed by atoms with Crippen molar-refractivity contribution in [2.45, 2.75) is 12.5 Å². The number of alkyl halides is 5. The summed E-state index contributed by atoms with van der Waals surface area (Å²) < 4.78 is 58.2. The van der Waals surface area contributed by atoms with E-state index in [4.69, 9.17) is 0 Å². The topological polar surface area (TPSA) is 15.3 Å². The van der Waals surface area contributed by atoms with Crippen molar-refractivity contribution >= 4 is 0 Å². The van der Waals surface area contributed by atoms with Gasteiger partial charge < -0.3 is 0 Å². The van der Waals surface area contributed by atoms with Crippen LogP contribution in [-0.2, 0) is 0 Å². The van der Waals surface area contributed by atoms with Gasteiger partial charge in [-0.1, -0.05) is 0 Å². The Hall–Kier alpha value is -0.430. The predicted octanol–water partition coefficient (Wildman–Crippen LogP) is 1.21. The number of nitrogens with one attached hydrogen (secondary N) is 1. The van der Waals surface area contributed by atoms with Gasteiger partial charge in [-0.15, -0.1) is 0 Å². The molecule has 0 aliphatic carbocycles. The van der Waals surface area contributed by atoms with Crippen LogP contribution in [0.15, 0.2) is 0 Å². The molecule has 0 aliphatic heterocycles. The number of rotatable bonds is 2. The average molecular weight is 178 g/mol. The van der Waals surface area contributed by atoms with Gasteiger partial charge in [0.1, 0.15) is 0 Å². The van der Waals surface area contributed by atoms with Gasteiger partial charge in [0.25, 0.3) is 0 Å². The second-order valence-electron chi connectivity index (χ2n) is 2.06. The Morgan fingerprint density at radius 3 is 1.45 bits per heavy atom. The SMILES string of the molecule is CN(C)C(F)(F)NC(F)(F)F. The van der Waals surface area contributed by atoms with Gasteiger partial charge in [0, 0.05) is 0 Å². The number of nitrogens with zero attached hydrogens (tertiary/aromatic N) is 1. The van der Waals surface area contributed by atoms with E-state index in [9.17, 15) is 22.0 Å². The Morgan fingerprint density at radius 1 is 1.00 bits per heavy atom. The first kappa shape index (κ1) is 10.6. The molecule has 0 atom stereocenters. The molecule has 0 saturated heterocycles. The first-order valence-corrected chi connectivity index (χ1v) is 2.56. The molecule has 0 heterocycles. The first-order chi connectivity index (χ1) is 4.65. The van der Waals surface area contributed by atoms with E-state index in [1.54, 1.807) is 0 Å². The highest BCUT2D eigenvalue weighted by Crippen LogP contribution is 2.20. The van der Waals surface area contributed by atoms with Crippen LogP contribution in [0.2, 0.25) is 0 Å². The van der Waals surface area contributed by atoms with Gasteiger partial charge in [0.05, 0.1) is 0 Å². The Kier molecular flexibility index (Phi) is 2.79. The Bertz CT molecular complexity index is 129. The quantitative estimate of drug-likeness (QED) is 0.388. The summed E-state index contributed by atoms with van der Waals surface area (Å²) in [4.78, 5) is 0.125. The van der Waals surface area contributed by atoms with Crippen molar-refractivity contribution in [1.82, 2.24) is 10.2 Å². The molecule has 1 N–H and O–H groups in total. The predicted molar refractivity (Wildman–Crippen MR) is 27.8 cm³/mol. The Labute approximate surface area is 60.0 Å². The van der Waals surface area contributed by atoms with Crippen molar-refractivity contribution in [2.24, 2.45) is 0 Å². The van der Waals surface area contributed by atoms with Crippen molar-refractivity contribution in [3.63, 3.8) is 0 Å². The van der Waals surface area contributed by atoms with E-state index in [2.05, 4.69) is 0 Å². The molecule has 11 heavy (non-hydrogen) atoms. The van der Waals surface area contributed by atoms with Crippen molar-refractivity contribution in [3.05, 3.63) is 0 Å². The fourth-order valence-electron chi connectivity index (χ4n) is 0.282. The largest absolute Gasteiger partial charge is 0.463 e. The van der Waals surface area contributed by atoms with Gasteiger partial charge in [-0.25, -0.2) is 4.90 Å². The molecule has 0 aromatic rings. The highest BCUT2D eigenvalue weighted by atomic mass is 19.4. The first-order valence-electron chi connectivity index (χ1n) is 2.56. The summed E-state index contributed by atoms with van der Waals surface area (Å²) in [6.07, 6.45) is -9.13. The van der Waals surface area contributed by atoms with Gasteiger partial charge in [-0.3, -0.25) is 0 Å². The lowest BCUT2D eigenvalue weighted by molar-refractivity contribution is -0.260. The second kappa shape index (κ2) is 2.90. The minimum atomic E-state index is -5.08. The lowest BCUT2D eigenvalue weighted by atomic mass is 10.7. The van der Waals surface area contributed by atoms with Crippen LogP contribution in [0.5, 0.6) is 0 Å². The molecule has 0 rings (SSSR count). The van der Waals surface area contributed by atoms with Gasteiger partial charge >= 0.3 is 12.5 Å². The highest BCUT2D eigenvalue weighted by Gasteiger charge is 2.43. The van der Waals surface area contributed by atoms with E-state index < -0.39 is 12.5 Å². The van der Waals surface area contributed by atoms with E-state index in [-0.39, 0.29) is 10.2 Å². The van der Waals surface area contributed by atoms with Crippen molar-refractivity contribution < 1.29 is 22.0 Å². The lowest BCUT2D eigenvalue weighted by Gasteiger charge is -2.25. The third-order valence-electron chi connectivity index (χ3n) is 0.854. The maximum atomic E-state index is 12.1. The minimum Gasteiger partial charge on any atom is -0.236 e. The molecular formula is C4H7F5N2. The van der Waals surface area contributed by atoms with Crippen LogP contribution in [0.1, 0.15) is 0 Å². The van der Waals surface area contributed by atoms with E-state index in [1.807, 2.05) is 0 Å². The number of hydrogen-bond donors (Lipinski definition) is 1. The van der Waals surface area contributed by atoms with Gasteiger partial charge in [0.2, 0.25) is 0 Å². The van der Waals surface area contributed by atoms with Crippen LogP contribution < -0.4 is 5.32 Å². The highest BCUT2D eigenvalue weighted by molar-refractivity contribution is 4.60. The summed E-state index contributed by atoms with van der Waals surface area (Å²) in [5, 5.41) is 0.188. The summed E-state index contributed by atoms with van der Waals surface area (Å²) in [5.41, 5.74) is 0. The molecule has 2 nitrogen and oxygen atoms in total. The van der Waals surface area contributed by atoms with Gasteiger partial charge in [0.15, 0.2) is 0 Å². The lowest BCUT2D eigenvalue weighted by Crippen LogP contribution is -2.54. The molecule has 0 bridgehead atoms. The summed E-state index contributed by atoms with van der Waals surface area (Å²) in [6, 6.07) is 0. The van der Waals surface area contributed by atoms with E-state index in [1.165, 1.54) is 0 Å². The Balaban J connectivity index is 4.13. The molecule has 68 valence electrons. The molecule has 7 heteroatoms. The molecule has 0 aromatic heterocycles. The summed E-state index contributed by atoms with van der Waals surface area (Å²) in [5.74, 6) is 0. The van der Waals surface area contributed by atoms with Crippen molar-refractivity contribution in [2.75, 3.05) is 14.1 Å². The summed E-state index contributed by atoms with van der Waals surface area (Å²) >= 11 is 0. The number of hydrogen-bond acceptors (Lipinski definition) is 2. The number of halogens is 5. The van der Waals surface area contributed by atoms with Gasteiger partial charge in [-0.2, -0.15) is 27.3 Å². The fraction of sp³-hybridized carbons (Fsp3) is 1.00. The van der Waals surface area contributed by atoms with Crippen molar-refractivity contribution in [3.8, 4) is 0 Å². The molecule has 0 unspecified atom stereocenters. The average Bonchev–Trinajstić information content (AvgIpc) is 1.56. The molecule has 0 saturated carbocycles. The zero-order chi connectivity index (χ0) is 9.28. The maximum absolute atomic E-state index is 12.1. The monoisotopic (exact) mass is 178 g/mol. The molecule has 0 aromatic carbocycles. The zero-order valence-corrected chi connectivity index (χ0v) is 5.84. The molecule has 0 fully saturated rings. The van der Waals surface area contributed by atoms with E-state index >= 15 is 0 Å². The normalized spacial score (nSPS) is 14.2. The van der Waals surface area contributed by atoms with E-state index in [0.29, 0.717) is 0 Å². The smallest absolute Gasteiger partial charge is 0.236 e. The Morgan fingerprint density at radius 2 is 1.36 bits per heavy atom. The zero-order valence-electron chi connectivity index (χ0n) is 5.84. The van der Waals surface area contributed by atoms with E-state index in [0.717, 1.165) is 14.1 Å². The van der Waals surface area contributed by atoms with Gasteiger partial charge in [-0.05, 0) is 14.1 Å². The van der Waals surface area contributed by atoms with Crippen LogP contribution in [0, 0.1) is 0 Å². The third kappa shape index (κ3) is 4.10. The van der Waals surface area contributed by atoms with Crippen LogP contribution in [0.4, 0.5) is 22.0 Å². The standard InChI is InChI=1S/C4H7F5N2/c1-11(2)4(8,9)10-3(5,6)7/h10H,1-2H3. The molecule has 0 aliphatic rings. The van der Waals surface area contributed by atoms with Crippen LogP contribution in [-0.4, -0.2) is 31.5 Å². The molecule has 0 radical (unpaired) electrons. The third-order valence-corrected chi connectivity index (χ3v) is 0.854. The van der Waals surface area contributed by atoms with Crippen LogP contribution >= 0.6 is 0 Å². The fourth-order valence-corrected chi connectivity index (χ4v) is 0.282. The van der Waals surface area contributed by atoms with Crippen LogP contribution in [0.25, 0.3) is 0 Å². The van der Waals surface area contributed by atoms with Crippen LogP contribution in [0.3, 0.4) is 0 Å². The molecule has 0 spiro atoms. The summed E-state index contributed by atoms with van der Waals surface area (Å²) in [6.45, 7) is 0. The minimum absolute atomic E-state index is 0.125. The maximum Gasteiger partial charge on any atom is 0.463 e. The van der Waals surface area contributed by atoms with Crippen molar-refractivity contribution in [1.29, 1.82) is 0 Å². The second-order valence-corrected chi connectivity index (χ2v) is 2.06.